The lowest BCUT2D eigenvalue weighted by molar-refractivity contribution is 0.112. The standard InChI is InChI=1S/C16H18O.C16H16O.C2H6/c2*1-2-13-7-9-14(10-8-13)11-15-5-3-4-6-16(15)12-17;1-2/h3-10,17H,2,11-12H2,1H3;3-10,12H,2,11H2,1H3;1-2H3/i;;1D. The summed E-state index contributed by atoms with van der Waals surface area (Å²) in [6.45, 7) is 6.72. The van der Waals surface area contributed by atoms with Crippen LogP contribution in [-0.2, 0) is 32.3 Å². The summed E-state index contributed by atoms with van der Waals surface area (Å²) in [5.41, 5.74) is 9.35. The van der Waals surface area contributed by atoms with Gasteiger partial charge in [-0.1, -0.05) is 125 Å². The van der Waals surface area contributed by atoms with Gasteiger partial charge < -0.3 is 5.11 Å². The average Bonchev–Trinajstić information content (AvgIpc) is 2.95. The van der Waals surface area contributed by atoms with E-state index >= 15 is 0 Å². The number of carbonyl (C=O) groups excluding carboxylic acids is 1. The molecule has 0 aliphatic rings. The molecule has 36 heavy (non-hydrogen) atoms. The number of aliphatic hydroxyl groups is 1. The molecular weight excluding hydrogens is 440 g/mol. The summed E-state index contributed by atoms with van der Waals surface area (Å²) in [6.07, 6.45) is 4.77. The minimum Gasteiger partial charge on any atom is -0.392 e. The molecule has 0 amide bonds. The molecule has 188 valence electrons. The first-order valence-corrected chi connectivity index (χ1v) is 12.7. The zero-order valence-corrected chi connectivity index (χ0v) is 21.9. The van der Waals surface area contributed by atoms with Crippen molar-refractivity contribution in [3.63, 3.8) is 0 Å². The van der Waals surface area contributed by atoms with Crippen LogP contribution >= 0.6 is 0 Å². The molecule has 1 N–H and O–H groups in total. The first-order valence-electron chi connectivity index (χ1n) is 13.4. The molecule has 4 aromatic carbocycles. The van der Waals surface area contributed by atoms with Crippen LogP contribution in [0.5, 0.6) is 0 Å². The second-order valence-electron chi connectivity index (χ2n) is 8.44. The summed E-state index contributed by atoms with van der Waals surface area (Å²) >= 11 is 0. The van der Waals surface area contributed by atoms with Gasteiger partial charge in [0.05, 0.1) is 6.61 Å². The van der Waals surface area contributed by atoms with Crippen LogP contribution in [0.2, 0.25) is 0 Å². The van der Waals surface area contributed by atoms with Gasteiger partial charge in [-0.2, -0.15) is 0 Å². The molecule has 0 aliphatic carbocycles. The summed E-state index contributed by atoms with van der Waals surface area (Å²) in [6, 6.07) is 33.1. The number of carbonyl (C=O) groups is 1. The van der Waals surface area contributed by atoms with Gasteiger partial charge >= 0.3 is 0 Å². The molecule has 0 aromatic heterocycles. The molecule has 0 unspecified atom stereocenters. The molecule has 4 aromatic rings. The number of hydrogen-bond acceptors (Lipinski definition) is 2. The molecule has 0 aliphatic heterocycles. The van der Waals surface area contributed by atoms with Crippen LogP contribution in [0.1, 0.15) is 78.3 Å². The molecule has 0 atom stereocenters. The number of aryl methyl sites for hydroxylation is 2. The maximum Gasteiger partial charge on any atom is 0.150 e. The Bertz CT molecular complexity index is 1180. The lowest BCUT2D eigenvalue weighted by Crippen LogP contribution is -1.95. The van der Waals surface area contributed by atoms with Gasteiger partial charge in [0.2, 0.25) is 0 Å². The third-order valence-corrected chi connectivity index (χ3v) is 6.12. The number of rotatable bonds is 8. The van der Waals surface area contributed by atoms with Crippen molar-refractivity contribution in [1.29, 1.82) is 0 Å². The van der Waals surface area contributed by atoms with E-state index in [1.165, 1.54) is 27.8 Å². The van der Waals surface area contributed by atoms with E-state index in [0.717, 1.165) is 48.7 Å². The van der Waals surface area contributed by atoms with Crippen LogP contribution < -0.4 is 0 Å². The normalized spacial score (nSPS) is 10.3. The van der Waals surface area contributed by atoms with Crippen LogP contribution in [0.15, 0.2) is 97.1 Å². The molecule has 0 heterocycles. The van der Waals surface area contributed by atoms with Crippen molar-refractivity contribution < 1.29 is 11.3 Å². The minimum absolute atomic E-state index is 0.114. The van der Waals surface area contributed by atoms with Gasteiger partial charge in [0.15, 0.2) is 0 Å². The SMILES string of the molecule is CCc1ccc(Cc2ccccc2C=O)cc1.CCc1ccc(Cc2ccccc2CO)cc1.[2H]CC. The fourth-order valence-corrected chi connectivity index (χ4v) is 3.92. The Labute approximate surface area is 219 Å². The van der Waals surface area contributed by atoms with Crippen molar-refractivity contribution in [3.05, 3.63) is 142 Å². The van der Waals surface area contributed by atoms with E-state index in [-0.39, 0.29) is 6.61 Å². The maximum absolute atomic E-state index is 10.9. The first kappa shape index (κ1) is 27.1. The average molecular weight is 482 g/mol. The van der Waals surface area contributed by atoms with Gasteiger partial charge in [-0.3, -0.25) is 4.79 Å². The highest BCUT2D eigenvalue weighted by Crippen LogP contribution is 2.16. The van der Waals surface area contributed by atoms with E-state index in [1.54, 1.807) is 6.92 Å². The van der Waals surface area contributed by atoms with Crippen LogP contribution in [0, 0.1) is 0 Å². The maximum atomic E-state index is 10.9. The zero-order valence-electron chi connectivity index (χ0n) is 22.9. The summed E-state index contributed by atoms with van der Waals surface area (Å²) < 4.78 is 6.21. The van der Waals surface area contributed by atoms with Crippen LogP contribution in [-0.4, -0.2) is 11.4 Å². The van der Waals surface area contributed by atoms with Gasteiger partial charge in [-0.15, -0.1) is 0 Å². The van der Waals surface area contributed by atoms with Crippen LogP contribution in [0.3, 0.4) is 0 Å². The Morgan fingerprint density at radius 2 is 1.03 bits per heavy atom. The second-order valence-corrected chi connectivity index (χ2v) is 8.44. The smallest absolute Gasteiger partial charge is 0.150 e. The number of aldehydes is 1. The number of aliphatic hydroxyl groups excluding tert-OH is 1. The van der Waals surface area contributed by atoms with Crippen molar-refractivity contribution >= 4 is 6.29 Å². The van der Waals surface area contributed by atoms with Crippen molar-refractivity contribution in [2.24, 2.45) is 0 Å². The Kier molecular flexibility index (Phi) is 12.2. The van der Waals surface area contributed by atoms with E-state index in [2.05, 4.69) is 68.4 Å². The predicted molar refractivity (Wildman–Crippen MR) is 153 cm³/mol. The van der Waals surface area contributed by atoms with Crippen molar-refractivity contribution in [2.45, 2.75) is 60.0 Å². The zero-order chi connectivity index (χ0) is 26.9. The number of hydrogen-bond donors (Lipinski definition) is 1. The Balaban J connectivity index is 0.000000235. The van der Waals surface area contributed by atoms with E-state index in [9.17, 15) is 9.90 Å². The Hall–Kier alpha value is -3.49. The second kappa shape index (κ2) is 16.2. The molecule has 4 rings (SSSR count). The third-order valence-electron chi connectivity index (χ3n) is 6.12. The van der Waals surface area contributed by atoms with Crippen LogP contribution in [0.4, 0.5) is 0 Å². The molecule has 0 saturated carbocycles. The highest BCUT2D eigenvalue weighted by atomic mass is 16.3. The van der Waals surface area contributed by atoms with E-state index in [4.69, 9.17) is 1.37 Å². The van der Waals surface area contributed by atoms with Gasteiger partial charge in [0.1, 0.15) is 6.29 Å². The minimum atomic E-state index is 0.114. The molecule has 2 nitrogen and oxygen atoms in total. The van der Waals surface area contributed by atoms with Crippen molar-refractivity contribution in [2.75, 3.05) is 0 Å². The molecule has 0 spiro atoms. The van der Waals surface area contributed by atoms with Crippen molar-refractivity contribution in [3.8, 4) is 0 Å². The topological polar surface area (TPSA) is 37.3 Å². The largest absolute Gasteiger partial charge is 0.392 e. The number of benzene rings is 4. The quantitative estimate of drug-likeness (QED) is 0.259. The summed E-state index contributed by atoms with van der Waals surface area (Å²) in [5.74, 6) is 0. The van der Waals surface area contributed by atoms with E-state index in [1.807, 2.05) is 42.5 Å². The van der Waals surface area contributed by atoms with E-state index in [0.29, 0.717) is 6.90 Å². The fourth-order valence-electron chi connectivity index (χ4n) is 3.92. The predicted octanol–water partition coefficient (Wildman–Crippen LogP) is 8.01. The summed E-state index contributed by atoms with van der Waals surface area (Å²) in [5, 5.41) is 9.28. The molecular formula is C34H40O2. The Morgan fingerprint density at radius 1 is 0.639 bits per heavy atom. The highest BCUT2D eigenvalue weighted by Gasteiger charge is 2.03. The van der Waals surface area contributed by atoms with Crippen molar-refractivity contribution in [1.82, 2.24) is 0 Å². The van der Waals surface area contributed by atoms with Gasteiger partial charge in [-0.25, -0.2) is 0 Å². The van der Waals surface area contributed by atoms with Gasteiger partial charge in [0, 0.05) is 6.93 Å². The lowest BCUT2D eigenvalue weighted by Gasteiger charge is -2.07. The first-order chi connectivity index (χ1) is 18.1. The fraction of sp³-hybridized carbons (Fsp3) is 0.265. The van der Waals surface area contributed by atoms with Gasteiger partial charge in [-0.05, 0) is 64.6 Å². The summed E-state index contributed by atoms with van der Waals surface area (Å²) in [4.78, 5) is 10.9. The van der Waals surface area contributed by atoms with Gasteiger partial charge in [0.25, 0.3) is 0 Å². The molecule has 0 fully saturated rings. The molecule has 0 radical (unpaired) electrons. The monoisotopic (exact) mass is 481 g/mol. The third kappa shape index (κ3) is 8.94. The van der Waals surface area contributed by atoms with E-state index < -0.39 is 0 Å². The summed E-state index contributed by atoms with van der Waals surface area (Å²) in [7, 11) is 0. The lowest BCUT2D eigenvalue weighted by atomic mass is 9.99. The molecule has 0 bridgehead atoms. The molecule has 0 saturated heterocycles. The highest BCUT2D eigenvalue weighted by molar-refractivity contribution is 5.77. The van der Waals surface area contributed by atoms with Crippen LogP contribution in [0.25, 0.3) is 0 Å². The molecule has 2 heteroatoms. The Morgan fingerprint density at radius 3 is 1.47 bits per heavy atom.